The van der Waals surface area contributed by atoms with E-state index in [2.05, 4.69) is 5.32 Å². The average Bonchev–Trinajstić information content (AvgIpc) is 2.91. The average molecular weight is 491 g/mol. The Bertz CT molecular complexity index is 1260. The monoisotopic (exact) mass is 491 g/mol. The number of nitrogens with one attached hydrogen (secondary N) is 1. The Balaban J connectivity index is 1.41. The van der Waals surface area contributed by atoms with Crippen molar-refractivity contribution in [3.05, 3.63) is 82.9 Å². The third-order valence-corrected chi connectivity index (χ3v) is 5.67. The van der Waals surface area contributed by atoms with Crippen molar-refractivity contribution in [2.45, 2.75) is 12.5 Å². The van der Waals surface area contributed by atoms with Crippen molar-refractivity contribution in [1.29, 1.82) is 0 Å². The first-order valence-corrected chi connectivity index (χ1v) is 11.1. The van der Waals surface area contributed by atoms with E-state index in [9.17, 15) is 14.4 Å². The molecule has 0 aromatic heterocycles. The van der Waals surface area contributed by atoms with E-state index in [1.807, 2.05) is 30.3 Å². The third-order valence-electron chi connectivity index (χ3n) is 5.67. The van der Waals surface area contributed by atoms with Crippen LogP contribution in [0.1, 0.15) is 37.9 Å². The summed E-state index contributed by atoms with van der Waals surface area (Å²) in [4.78, 5) is 37.5. The Labute approximate surface area is 207 Å². The Morgan fingerprint density at radius 3 is 2.28 bits per heavy atom. The van der Waals surface area contributed by atoms with Gasteiger partial charge in [-0.2, -0.15) is 0 Å². The first-order chi connectivity index (χ1) is 17.4. The van der Waals surface area contributed by atoms with Gasteiger partial charge in [0, 0.05) is 24.2 Å². The van der Waals surface area contributed by atoms with Crippen LogP contribution in [0, 0.1) is 0 Å². The minimum absolute atomic E-state index is 0.232. The van der Waals surface area contributed by atoms with Crippen molar-refractivity contribution in [2.24, 2.45) is 0 Å². The van der Waals surface area contributed by atoms with Crippen LogP contribution in [-0.4, -0.2) is 45.8 Å². The lowest BCUT2D eigenvalue weighted by Crippen LogP contribution is -2.23. The summed E-state index contributed by atoms with van der Waals surface area (Å²) < 4.78 is 26.5. The summed E-state index contributed by atoms with van der Waals surface area (Å²) in [5.74, 6) is -0.572. The van der Waals surface area contributed by atoms with Gasteiger partial charge in [-0.3, -0.25) is 4.79 Å². The molecule has 0 saturated carbocycles. The molecule has 3 aromatic rings. The number of fused-ring (bicyclic) bond motifs is 1. The van der Waals surface area contributed by atoms with Crippen LogP contribution in [0.2, 0.25) is 0 Å². The third kappa shape index (κ3) is 5.25. The zero-order valence-corrected chi connectivity index (χ0v) is 20.0. The van der Waals surface area contributed by atoms with Crippen LogP contribution in [0.5, 0.6) is 17.2 Å². The van der Waals surface area contributed by atoms with Crippen LogP contribution < -0.4 is 19.5 Å². The summed E-state index contributed by atoms with van der Waals surface area (Å²) >= 11 is 0. The highest BCUT2D eigenvalue weighted by Crippen LogP contribution is 2.40. The number of carbonyl (C=O) groups is 3. The van der Waals surface area contributed by atoms with Gasteiger partial charge in [-0.1, -0.05) is 30.3 Å². The lowest BCUT2D eigenvalue weighted by atomic mass is 9.93. The molecule has 4 rings (SSSR count). The van der Waals surface area contributed by atoms with E-state index in [1.165, 1.54) is 33.5 Å². The quantitative estimate of drug-likeness (QED) is 0.472. The minimum Gasteiger partial charge on any atom is -0.493 e. The number of carbonyl (C=O) groups excluding carboxylic acids is 3. The van der Waals surface area contributed by atoms with Crippen LogP contribution >= 0.6 is 0 Å². The Kier molecular flexibility index (Phi) is 7.39. The topological polar surface area (TPSA) is 109 Å². The second-order valence-corrected chi connectivity index (χ2v) is 7.92. The van der Waals surface area contributed by atoms with Gasteiger partial charge >= 0.3 is 11.9 Å². The molecule has 186 valence electrons. The van der Waals surface area contributed by atoms with E-state index < -0.39 is 30.6 Å². The molecular weight excluding hydrogens is 466 g/mol. The number of benzene rings is 3. The van der Waals surface area contributed by atoms with Crippen molar-refractivity contribution in [3.8, 4) is 17.2 Å². The largest absolute Gasteiger partial charge is 0.493 e. The van der Waals surface area contributed by atoms with E-state index in [0.29, 0.717) is 40.5 Å². The molecule has 9 heteroatoms. The van der Waals surface area contributed by atoms with Crippen molar-refractivity contribution >= 4 is 23.5 Å². The van der Waals surface area contributed by atoms with Gasteiger partial charge in [-0.15, -0.1) is 0 Å². The lowest BCUT2D eigenvalue weighted by Gasteiger charge is -2.25. The number of methoxy groups -OCH3 is 3. The maximum atomic E-state index is 12.6. The summed E-state index contributed by atoms with van der Waals surface area (Å²) in [6, 6.07) is 17.1. The number of hydrogen-bond acceptors (Lipinski definition) is 8. The van der Waals surface area contributed by atoms with Crippen LogP contribution in [0.25, 0.3) is 0 Å². The minimum atomic E-state index is -0.687. The molecule has 1 atom stereocenters. The molecule has 9 nitrogen and oxygen atoms in total. The molecule has 1 aliphatic heterocycles. The van der Waals surface area contributed by atoms with Gasteiger partial charge in [0.2, 0.25) is 5.75 Å². The molecule has 1 amide bonds. The Morgan fingerprint density at radius 1 is 0.944 bits per heavy atom. The van der Waals surface area contributed by atoms with Gasteiger partial charge in [-0.25, -0.2) is 9.59 Å². The maximum Gasteiger partial charge on any atom is 0.339 e. The summed E-state index contributed by atoms with van der Waals surface area (Å²) in [7, 11) is 4.40. The SMILES string of the molecule is COc1cc(NC(=O)COC(=O)c2ccc3c(c2)CC(c2ccccc2)OC3=O)cc(OC)c1OC. The van der Waals surface area contributed by atoms with Crippen molar-refractivity contribution < 1.29 is 38.1 Å². The van der Waals surface area contributed by atoms with Gasteiger partial charge in [0.25, 0.3) is 5.91 Å². The lowest BCUT2D eigenvalue weighted by molar-refractivity contribution is -0.119. The summed E-state index contributed by atoms with van der Waals surface area (Å²) in [6.45, 7) is -0.513. The van der Waals surface area contributed by atoms with Gasteiger partial charge in [0.1, 0.15) is 6.10 Å². The van der Waals surface area contributed by atoms with Gasteiger partial charge in [0.05, 0.1) is 32.5 Å². The standard InChI is InChI=1S/C27H25NO8/c1-32-22-13-19(14-23(33-2)25(22)34-3)28-24(29)15-35-26(30)17-9-10-20-18(11-17)12-21(36-27(20)31)16-7-5-4-6-8-16/h4-11,13-14,21H,12,15H2,1-3H3,(H,28,29). The zero-order chi connectivity index (χ0) is 25.7. The predicted octanol–water partition coefficient (Wildman–Crippen LogP) is 3.96. The Hall–Kier alpha value is -4.53. The first-order valence-electron chi connectivity index (χ1n) is 11.1. The van der Waals surface area contributed by atoms with Crippen LogP contribution in [0.15, 0.2) is 60.7 Å². The molecule has 0 aliphatic carbocycles. The molecule has 0 bridgehead atoms. The van der Waals surface area contributed by atoms with Crippen LogP contribution in [0.3, 0.4) is 0 Å². The first kappa shape index (κ1) is 24.6. The second-order valence-electron chi connectivity index (χ2n) is 7.92. The number of hydrogen-bond donors (Lipinski definition) is 1. The van der Waals surface area contributed by atoms with Crippen molar-refractivity contribution in [3.63, 3.8) is 0 Å². The molecule has 36 heavy (non-hydrogen) atoms. The molecule has 0 fully saturated rings. The van der Waals surface area contributed by atoms with E-state index in [0.717, 1.165) is 5.56 Å². The highest BCUT2D eigenvalue weighted by molar-refractivity contribution is 5.98. The highest BCUT2D eigenvalue weighted by Gasteiger charge is 2.28. The van der Waals surface area contributed by atoms with E-state index >= 15 is 0 Å². The van der Waals surface area contributed by atoms with Crippen molar-refractivity contribution in [2.75, 3.05) is 33.3 Å². The smallest absolute Gasteiger partial charge is 0.339 e. The number of esters is 2. The number of rotatable bonds is 8. The fourth-order valence-corrected chi connectivity index (χ4v) is 3.94. The maximum absolute atomic E-state index is 12.6. The zero-order valence-electron chi connectivity index (χ0n) is 20.0. The number of anilines is 1. The van der Waals surface area contributed by atoms with Crippen molar-refractivity contribution in [1.82, 2.24) is 0 Å². The predicted molar refractivity (Wildman–Crippen MR) is 130 cm³/mol. The molecule has 0 radical (unpaired) electrons. The normalized spacial score (nSPS) is 14.2. The Morgan fingerprint density at radius 2 is 1.64 bits per heavy atom. The molecular formula is C27H25NO8. The molecule has 1 unspecified atom stereocenters. The van der Waals surface area contributed by atoms with Crippen LogP contribution in [0.4, 0.5) is 5.69 Å². The van der Waals surface area contributed by atoms with Gasteiger partial charge < -0.3 is 29.0 Å². The second kappa shape index (κ2) is 10.8. The molecule has 3 aromatic carbocycles. The number of ether oxygens (including phenoxy) is 5. The molecule has 0 spiro atoms. The van der Waals surface area contributed by atoms with E-state index in [1.54, 1.807) is 18.2 Å². The molecule has 0 saturated heterocycles. The molecule has 1 aliphatic rings. The summed E-state index contributed by atoms with van der Waals surface area (Å²) in [5, 5.41) is 2.64. The number of cyclic esters (lactones) is 1. The molecule has 1 N–H and O–H groups in total. The summed E-state index contributed by atoms with van der Waals surface area (Å²) in [5.41, 5.74) is 2.56. The van der Waals surface area contributed by atoms with Gasteiger partial charge in [0.15, 0.2) is 18.1 Å². The molecule has 1 heterocycles. The number of amides is 1. The fourth-order valence-electron chi connectivity index (χ4n) is 3.94. The summed E-state index contributed by atoms with van der Waals surface area (Å²) in [6.07, 6.45) is -0.0184. The van der Waals surface area contributed by atoms with E-state index in [-0.39, 0.29) is 5.56 Å². The van der Waals surface area contributed by atoms with Crippen LogP contribution in [-0.2, 0) is 20.7 Å². The fraction of sp³-hybridized carbons (Fsp3) is 0.222. The van der Waals surface area contributed by atoms with E-state index in [4.69, 9.17) is 23.7 Å². The van der Waals surface area contributed by atoms with Gasteiger partial charge in [-0.05, 0) is 29.3 Å². The highest BCUT2D eigenvalue weighted by atomic mass is 16.5.